The normalized spacial score (nSPS) is 19.5. The summed E-state index contributed by atoms with van der Waals surface area (Å²) in [6, 6.07) is 7.77. The molecule has 0 saturated carbocycles. The number of nitrogens with zero attached hydrogens (tertiary/aromatic N) is 4. The molecule has 1 saturated heterocycles. The summed E-state index contributed by atoms with van der Waals surface area (Å²) < 4.78 is 12.7. The highest BCUT2D eigenvalue weighted by Gasteiger charge is 2.25. The highest BCUT2D eigenvalue weighted by atomic mass is 16.5. The van der Waals surface area contributed by atoms with Crippen LogP contribution < -0.4 is 9.47 Å². The van der Waals surface area contributed by atoms with Crippen LogP contribution in [0.2, 0.25) is 0 Å². The Bertz CT molecular complexity index is 618. The molecule has 0 radical (unpaired) electrons. The fourth-order valence-electron chi connectivity index (χ4n) is 3.24. The van der Waals surface area contributed by atoms with E-state index in [2.05, 4.69) is 15.0 Å². The Balaban J connectivity index is 1.48. The van der Waals surface area contributed by atoms with Gasteiger partial charge in [-0.25, -0.2) is 4.98 Å². The maximum absolute atomic E-state index is 10.4. The van der Waals surface area contributed by atoms with Gasteiger partial charge in [-0.3, -0.25) is 9.58 Å². The number of hydrogen-bond donors (Lipinski definition) is 1. The van der Waals surface area contributed by atoms with E-state index in [0.29, 0.717) is 12.6 Å². The Morgan fingerprint density at radius 3 is 2.76 bits per heavy atom. The quantitative estimate of drug-likeness (QED) is 0.782. The molecule has 7 nitrogen and oxygen atoms in total. The van der Waals surface area contributed by atoms with Gasteiger partial charge in [-0.2, -0.15) is 5.10 Å². The van der Waals surface area contributed by atoms with Gasteiger partial charge in [-0.05, 0) is 43.7 Å². The van der Waals surface area contributed by atoms with Crippen LogP contribution in [0, 0.1) is 0 Å². The monoisotopic (exact) mass is 346 g/mol. The molecule has 1 aliphatic rings. The van der Waals surface area contributed by atoms with Gasteiger partial charge in [-0.1, -0.05) is 6.42 Å². The second-order valence-corrected chi connectivity index (χ2v) is 6.40. The van der Waals surface area contributed by atoms with E-state index in [4.69, 9.17) is 9.47 Å². The van der Waals surface area contributed by atoms with Gasteiger partial charge >= 0.3 is 0 Å². The lowest BCUT2D eigenvalue weighted by Gasteiger charge is -2.36. The molecule has 1 aromatic heterocycles. The van der Waals surface area contributed by atoms with Crippen molar-refractivity contribution in [1.29, 1.82) is 0 Å². The second kappa shape index (κ2) is 8.82. The molecule has 0 unspecified atom stereocenters. The number of rotatable bonds is 8. The van der Waals surface area contributed by atoms with Crippen LogP contribution in [0.1, 0.15) is 19.3 Å². The van der Waals surface area contributed by atoms with Crippen LogP contribution in [0.4, 0.5) is 0 Å². The molecule has 3 rings (SSSR count). The summed E-state index contributed by atoms with van der Waals surface area (Å²) in [4.78, 5) is 6.34. The first kappa shape index (κ1) is 17.7. The summed E-state index contributed by atoms with van der Waals surface area (Å²) in [5.41, 5.74) is 0. The van der Waals surface area contributed by atoms with Crippen molar-refractivity contribution in [2.24, 2.45) is 0 Å². The van der Waals surface area contributed by atoms with Gasteiger partial charge in [0, 0.05) is 12.6 Å². The molecule has 2 aromatic rings. The van der Waals surface area contributed by atoms with Crippen molar-refractivity contribution >= 4 is 0 Å². The molecular weight excluding hydrogens is 320 g/mol. The third-order valence-electron chi connectivity index (χ3n) is 4.56. The number of aliphatic hydroxyl groups is 1. The number of aliphatic hydroxyl groups excluding tert-OH is 1. The molecule has 25 heavy (non-hydrogen) atoms. The van der Waals surface area contributed by atoms with Crippen molar-refractivity contribution < 1.29 is 14.6 Å². The summed E-state index contributed by atoms with van der Waals surface area (Å²) in [5.74, 6) is 1.52. The van der Waals surface area contributed by atoms with E-state index in [1.807, 2.05) is 28.9 Å². The van der Waals surface area contributed by atoms with Crippen molar-refractivity contribution in [2.45, 2.75) is 38.0 Å². The molecule has 7 heteroatoms. The van der Waals surface area contributed by atoms with E-state index in [1.165, 1.54) is 12.8 Å². The van der Waals surface area contributed by atoms with Gasteiger partial charge in [0.15, 0.2) is 0 Å². The largest absolute Gasteiger partial charge is 0.497 e. The summed E-state index contributed by atoms with van der Waals surface area (Å²) in [5, 5.41) is 14.6. The number of likely N-dealkylation sites (tertiary alicyclic amines) is 1. The molecule has 1 aromatic carbocycles. The van der Waals surface area contributed by atoms with Crippen LogP contribution in [0.3, 0.4) is 0 Å². The minimum atomic E-state index is -0.529. The first-order chi connectivity index (χ1) is 12.2. The van der Waals surface area contributed by atoms with Crippen LogP contribution in [0.25, 0.3) is 0 Å². The number of hydrogen-bond acceptors (Lipinski definition) is 6. The molecule has 136 valence electrons. The van der Waals surface area contributed by atoms with E-state index >= 15 is 0 Å². The van der Waals surface area contributed by atoms with Crippen LogP contribution in [0.5, 0.6) is 11.5 Å². The lowest BCUT2D eigenvalue weighted by molar-refractivity contribution is 0.0345. The zero-order valence-corrected chi connectivity index (χ0v) is 14.6. The van der Waals surface area contributed by atoms with Gasteiger partial charge in [0.1, 0.15) is 36.9 Å². The van der Waals surface area contributed by atoms with Crippen molar-refractivity contribution in [2.75, 3.05) is 26.8 Å². The average molecular weight is 346 g/mol. The van der Waals surface area contributed by atoms with Gasteiger partial charge in [-0.15, -0.1) is 0 Å². The van der Waals surface area contributed by atoms with Crippen LogP contribution in [0.15, 0.2) is 36.9 Å². The molecule has 0 aliphatic carbocycles. The Kier molecular flexibility index (Phi) is 6.25. The zero-order chi connectivity index (χ0) is 17.5. The van der Waals surface area contributed by atoms with E-state index in [9.17, 15) is 5.11 Å². The van der Waals surface area contributed by atoms with Crippen LogP contribution >= 0.6 is 0 Å². The van der Waals surface area contributed by atoms with Gasteiger partial charge in [0.25, 0.3) is 0 Å². The SMILES string of the molecule is COc1ccc(OC[C@@H](O)CN2CCCC[C@H]2Cn2cncn2)cc1. The molecule has 0 bridgehead atoms. The topological polar surface area (TPSA) is 72.6 Å². The van der Waals surface area contributed by atoms with Crippen molar-refractivity contribution in [3.63, 3.8) is 0 Å². The lowest BCUT2D eigenvalue weighted by atomic mass is 10.0. The van der Waals surface area contributed by atoms with Gasteiger partial charge in [0.05, 0.1) is 13.7 Å². The Labute approximate surface area is 148 Å². The van der Waals surface area contributed by atoms with Crippen molar-refractivity contribution in [3.8, 4) is 11.5 Å². The van der Waals surface area contributed by atoms with Crippen LogP contribution in [-0.2, 0) is 6.54 Å². The standard InChI is InChI=1S/C18H26N4O3/c1-24-17-5-7-18(8-6-17)25-12-16(23)11-21-9-3-2-4-15(21)10-22-14-19-13-20-22/h5-8,13-16,23H,2-4,9-12H2,1H3/t15-,16-/m0/s1. The fraction of sp³-hybridized carbons (Fsp3) is 0.556. The van der Waals surface area contributed by atoms with Crippen LogP contribution in [-0.4, -0.2) is 63.7 Å². The van der Waals surface area contributed by atoms with E-state index < -0.39 is 6.10 Å². The minimum Gasteiger partial charge on any atom is -0.497 e. The maximum Gasteiger partial charge on any atom is 0.137 e. The van der Waals surface area contributed by atoms with E-state index in [0.717, 1.165) is 31.0 Å². The predicted molar refractivity (Wildman–Crippen MR) is 93.7 cm³/mol. The smallest absolute Gasteiger partial charge is 0.137 e. The van der Waals surface area contributed by atoms with Crippen molar-refractivity contribution in [3.05, 3.63) is 36.9 Å². The fourth-order valence-corrected chi connectivity index (χ4v) is 3.24. The van der Waals surface area contributed by atoms with Crippen molar-refractivity contribution in [1.82, 2.24) is 19.7 Å². The maximum atomic E-state index is 10.4. The predicted octanol–water partition coefficient (Wildman–Crippen LogP) is 1.58. The zero-order valence-electron chi connectivity index (χ0n) is 14.6. The summed E-state index contributed by atoms with van der Waals surface area (Å²) in [6.07, 6.45) is 6.28. The van der Waals surface area contributed by atoms with E-state index in [1.54, 1.807) is 19.8 Å². The molecule has 1 aliphatic heterocycles. The highest BCUT2D eigenvalue weighted by Crippen LogP contribution is 2.20. The number of methoxy groups -OCH3 is 1. The summed E-state index contributed by atoms with van der Waals surface area (Å²) in [6.45, 7) is 2.69. The summed E-state index contributed by atoms with van der Waals surface area (Å²) >= 11 is 0. The Morgan fingerprint density at radius 2 is 2.04 bits per heavy atom. The van der Waals surface area contributed by atoms with Gasteiger partial charge in [0.2, 0.25) is 0 Å². The van der Waals surface area contributed by atoms with E-state index in [-0.39, 0.29) is 6.61 Å². The lowest BCUT2D eigenvalue weighted by Crippen LogP contribution is -2.46. The molecule has 1 N–H and O–H groups in total. The number of β-amino-alcohol motifs (C(OH)–C–C–N with tert-alkyl or cyclic N) is 1. The molecule has 0 amide bonds. The molecule has 2 atom stereocenters. The second-order valence-electron chi connectivity index (χ2n) is 6.40. The summed E-state index contributed by atoms with van der Waals surface area (Å²) in [7, 11) is 1.63. The molecular formula is C18H26N4O3. The average Bonchev–Trinajstić information content (AvgIpc) is 3.15. The third kappa shape index (κ3) is 5.17. The Morgan fingerprint density at radius 1 is 1.24 bits per heavy atom. The number of piperidine rings is 1. The van der Waals surface area contributed by atoms with Gasteiger partial charge < -0.3 is 14.6 Å². The molecule has 2 heterocycles. The first-order valence-electron chi connectivity index (χ1n) is 8.76. The highest BCUT2D eigenvalue weighted by molar-refractivity contribution is 5.31. The number of benzene rings is 1. The number of aromatic nitrogens is 3. The number of ether oxygens (including phenoxy) is 2. The molecule has 0 spiro atoms. The molecule has 1 fully saturated rings. The first-order valence-corrected chi connectivity index (χ1v) is 8.76. The Hall–Kier alpha value is -2.12. The third-order valence-corrected chi connectivity index (χ3v) is 4.56. The minimum absolute atomic E-state index is 0.277.